The number of piperazine rings is 1. The molecule has 1 aliphatic rings. The molecule has 5 rings (SSSR count). The highest BCUT2D eigenvalue weighted by Gasteiger charge is 2.19. The van der Waals surface area contributed by atoms with Gasteiger partial charge in [-0.25, -0.2) is 9.97 Å². The minimum Gasteiger partial charge on any atom is -0.296 e. The molecule has 3 aromatic heterocycles. The molecule has 0 bridgehead atoms. The Kier molecular flexibility index (Phi) is 5.33. The first kappa shape index (κ1) is 19.4. The van der Waals surface area contributed by atoms with Crippen molar-refractivity contribution in [3.8, 4) is 10.6 Å². The minimum atomic E-state index is 0.930. The van der Waals surface area contributed by atoms with E-state index in [0.717, 1.165) is 61.0 Å². The number of benzene rings is 1. The molecule has 4 aromatic rings. The van der Waals surface area contributed by atoms with E-state index in [2.05, 4.69) is 55.6 Å². The summed E-state index contributed by atoms with van der Waals surface area (Å²) in [5, 5.41) is 8.95. The van der Waals surface area contributed by atoms with Gasteiger partial charge in [0.1, 0.15) is 5.01 Å². The monoisotopic (exact) mass is 418 g/mol. The second-order valence-electron chi connectivity index (χ2n) is 7.99. The maximum Gasteiger partial charge on any atom is 0.157 e. The summed E-state index contributed by atoms with van der Waals surface area (Å²) in [5.74, 6) is 0. The van der Waals surface area contributed by atoms with Gasteiger partial charge in [0, 0.05) is 68.8 Å². The lowest BCUT2D eigenvalue weighted by atomic mass is 10.2. The average molecular weight is 419 g/mol. The third-order valence-electron chi connectivity index (χ3n) is 5.75. The summed E-state index contributed by atoms with van der Waals surface area (Å²) in [4.78, 5) is 14.5. The number of aryl methyl sites for hydroxylation is 2. The summed E-state index contributed by atoms with van der Waals surface area (Å²) >= 11 is 1.74. The maximum atomic E-state index is 4.85. The van der Waals surface area contributed by atoms with Crippen molar-refractivity contribution in [1.82, 2.24) is 29.5 Å². The molecule has 0 atom stereocenters. The van der Waals surface area contributed by atoms with E-state index in [0.29, 0.717) is 0 Å². The van der Waals surface area contributed by atoms with Crippen molar-refractivity contribution in [3.05, 3.63) is 64.9 Å². The Bertz CT molecular complexity index is 1140. The predicted octanol–water partition coefficient (Wildman–Crippen LogP) is 3.72. The van der Waals surface area contributed by atoms with Crippen LogP contribution < -0.4 is 0 Å². The Labute approximate surface area is 180 Å². The van der Waals surface area contributed by atoms with Gasteiger partial charge in [-0.05, 0) is 18.6 Å². The molecule has 0 radical (unpaired) electrons. The van der Waals surface area contributed by atoms with Crippen molar-refractivity contribution in [3.63, 3.8) is 0 Å². The molecule has 30 heavy (non-hydrogen) atoms. The second-order valence-corrected chi connectivity index (χ2v) is 8.84. The lowest BCUT2D eigenvalue weighted by molar-refractivity contribution is 0.121. The van der Waals surface area contributed by atoms with Crippen LogP contribution >= 0.6 is 11.3 Å². The first-order chi connectivity index (χ1) is 14.7. The molecule has 1 aromatic carbocycles. The van der Waals surface area contributed by atoms with E-state index in [-0.39, 0.29) is 0 Å². The van der Waals surface area contributed by atoms with Crippen molar-refractivity contribution in [2.45, 2.75) is 20.0 Å². The molecule has 0 N–H and O–H groups in total. The number of pyridine rings is 1. The summed E-state index contributed by atoms with van der Waals surface area (Å²) in [6.45, 7) is 8.20. The van der Waals surface area contributed by atoms with Crippen LogP contribution in [0.5, 0.6) is 0 Å². The molecular weight excluding hydrogens is 392 g/mol. The van der Waals surface area contributed by atoms with Crippen molar-refractivity contribution in [1.29, 1.82) is 0 Å². The van der Waals surface area contributed by atoms with E-state index in [1.165, 1.54) is 16.8 Å². The summed E-state index contributed by atoms with van der Waals surface area (Å²) in [6.07, 6.45) is 2.00. The summed E-state index contributed by atoms with van der Waals surface area (Å²) in [7, 11) is 1.95. The van der Waals surface area contributed by atoms with Crippen molar-refractivity contribution < 1.29 is 0 Å². The van der Waals surface area contributed by atoms with Crippen LogP contribution in [-0.4, -0.2) is 55.7 Å². The molecule has 0 saturated carbocycles. The fourth-order valence-electron chi connectivity index (χ4n) is 4.12. The average Bonchev–Trinajstić information content (AvgIpc) is 3.34. The topological polar surface area (TPSA) is 50.1 Å². The number of rotatable bonds is 5. The highest BCUT2D eigenvalue weighted by Crippen LogP contribution is 2.24. The van der Waals surface area contributed by atoms with Gasteiger partial charge < -0.3 is 0 Å². The Hall–Kier alpha value is -2.61. The number of aromatic nitrogens is 4. The molecule has 0 aliphatic carbocycles. The Morgan fingerprint density at radius 3 is 2.50 bits per heavy atom. The van der Waals surface area contributed by atoms with Gasteiger partial charge in [-0.15, -0.1) is 11.3 Å². The first-order valence-corrected chi connectivity index (χ1v) is 11.3. The lowest BCUT2D eigenvalue weighted by Crippen LogP contribution is -2.45. The Morgan fingerprint density at radius 2 is 1.73 bits per heavy atom. The molecule has 7 heteroatoms. The fourth-order valence-corrected chi connectivity index (χ4v) is 4.94. The minimum absolute atomic E-state index is 0.930. The number of fused-ring (bicyclic) bond motifs is 1. The highest BCUT2D eigenvalue weighted by molar-refractivity contribution is 7.13. The van der Waals surface area contributed by atoms with E-state index in [9.17, 15) is 0 Å². The zero-order valence-electron chi connectivity index (χ0n) is 17.5. The molecule has 1 fully saturated rings. The summed E-state index contributed by atoms with van der Waals surface area (Å²) in [6, 6.07) is 12.7. The Balaban J connectivity index is 1.17. The Morgan fingerprint density at radius 1 is 1.00 bits per heavy atom. The lowest BCUT2D eigenvalue weighted by Gasteiger charge is -2.34. The van der Waals surface area contributed by atoms with Gasteiger partial charge >= 0.3 is 0 Å². The van der Waals surface area contributed by atoms with Crippen LogP contribution in [0.15, 0.2) is 48.0 Å². The van der Waals surface area contributed by atoms with Gasteiger partial charge in [-0.1, -0.05) is 30.3 Å². The highest BCUT2D eigenvalue weighted by atomic mass is 32.1. The summed E-state index contributed by atoms with van der Waals surface area (Å²) < 4.78 is 1.86. The standard InChI is InChI=1S/C23H26N6S/c1-17-21-12-18(13-24-22(21)27(2)26-17)14-28-8-10-29(11-9-28)15-20-16-30-23(25-20)19-6-4-3-5-7-19/h3-7,12-13,16H,8-11,14-15H2,1-2H3. The zero-order chi connectivity index (χ0) is 20.5. The SMILES string of the molecule is Cc1nn(C)c2ncc(CN3CCN(Cc4csc(-c5ccccc5)n4)CC3)cc12. The molecule has 0 amide bonds. The zero-order valence-corrected chi connectivity index (χ0v) is 18.3. The van der Waals surface area contributed by atoms with Gasteiger partial charge in [0.2, 0.25) is 0 Å². The van der Waals surface area contributed by atoms with Crippen molar-refractivity contribution >= 4 is 22.4 Å². The van der Waals surface area contributed by atoms with Crippen LogP contribution in [0.3, 0.4) is 0 Å². The third kappa shape index (κ3) is 4.01. The van der Waals surface area contributed by atoms with Crippen LogP contribution in [0.2, 0.25) is 0 Å². The molecule has 1 aliphatic heterocycles. The molecule has 1 saturated heterocycles. The largest absolute Gasteiger partial charge is 0.296 e. The van der Waals surface area contributed by atoms with Crippen LogP contribution in [0, 0.1) is 6.92 Å². The molecule has 0 spiro atoms. The van der Waals surface area contributed by atoms with Crippen molar-refractivity contribution in [2.24, 2.45) is 7.05 Å². The second kappa shape index (κ2) is 8.26. The van der Waals surface area contributed by atoms with E-state index in [4.69, 9.17) is 4.98 Å². The molecule has 0 unspecified atom stereocenters. The molecule has 154 valence electrons. The molecular formula is C23H26N6S. The number of hydrogen-bond acceptors (Lipinski definition) is 6. The predicted molar refractivity (Wildman–Crippen MR) is 121 cm³/mol. The van der Waals surface area contributed by atoms with E-state index in [1.54, 1.807) is 11.3 Å². The fraction of sp³-hybridized carbons (Fsp3) is 0.348. The van der Waals surface area contributed by atoms with E-state index in [1.807, 2.05) is 30.9 Å². The number of hydrogen-bond donors (Lipinski definition) is 0. The van der Waals surface area contributed by atoms with Crippen LogP contribution in [0.4, 0.5) is 0 Å². The first-order valence-electron chi connectivity index (χ1n) is 10.4. The van der Waals surface area contributed by atoms with Gasteiger partial charge in [-0.3, -0.25) is 14.5 Å². The van der Waals surface area contributed by atoms with Crippen molar-refractivity contribution in [2.75, 3.05) is 26.2 Å². The number of nitrogens with zero attached hydrogens (tertiary/aromatic N) is 6. The van der Waals surface area contributed by atoms with Crippen LogP contribution in [0.1, 0.15) is 17.0 Å². The quantitative estimate of drug-likeness (QED) is 0.494. The van der Waals surface area contributed by atoms with E-state index >= 15 is 0 Å². The molecule has 6 nitrogen and oxygen atoms in total. The smallest absolute Gasteiger partial charge is 0.157 e. The van der Waals surface area contributed by atoms with Crippen LogP contribution in [-0.2, 0) is 20.1 Å². The van der Waals surface area contributed by atoms with Gasteiger partial charge in [0.25, 0.3) is 0 Å². The van der Waals surface area contributed by atoms with Gasteiger partial charge in [-0.2, -0.15) is 5.10 Å². The summed E-state index contributed by atoms with van der Waals surface area (Å²) in [5.41, 5.74) is 5.64. The number of thiazole rings is 1. The van der Waals surface area contributed by atoms with Crippen LogP contribution in [0.25, 0.3) is 21.6 Å². The normalized spacial score (nSPS) is 15.8. The van der Waals surface area contributed by atoms with Gasteiger partial charge in [0.05, 0.1) is 11.4 Å². The maximum absolute atomic E-state index is 4.85. The van der Waals surface area contributed by atoms with E-state index < -0.39 is 0 Å². The third-order valence-corrected chi connectivity index (χ3v) is 6.69. The van der Waals surface area contributed by atoms with Gasteiger partial charge in [0.15, 0.2) is 5.65 Å². The molecule has 4 heterocycles.